The number of aromatic amines is 1. The van der Waals surface area contributed by atoms with Gasteiger partial charge in [-0.3, -0.25) is 9.69 Å². The van der Waals surface area contributed by atoms with Gasteiger partial charge in [0.2, 0.25) is 0 Å². The number of carbonyl (C=O) groups excluding carboxylic acids is 1. The van der Waals surface area contributed by atoms with Crippen molar-refractivity contribution >= 4 is 40.2 Å². The molecule has 4 aromatic rings. The number of aliphatic carboxylic acids is 2. The van der Waals surface area contributed by atoms with Crippen molar-refractivity contribution in [3.8, 4) is 0 Å². The summed E-state index contributed by atoms with van der Waals surface area (Å²) in [5.74, 6) is -5.39. The monoisotopic (exact) mass is 728 g/mol. The number of amides is 1. The number of aromatic nitrogens is 2. The first-order valence-corrected chi connectivity index (χ1v) is 15.8. The first-order chi connectivity index (χ1) is 23.5. The lowest BCUT2D eigenvalue weighted by atomic mass is 9.96. The van der Waals surface area contributed by atoms with Crippen LogP contribution in [0.4, 0.5) is 26.3 Å². The molecule has 1 aliphatic rings. The number of fused-ring (bicyclic) bond motifs is 1. The Balaban J connectivity index is 0.000000408. The molecule has 3 aromatic carbocycles. The van der Waals surface area contributed by atoms with Gasteiger partial charge in [-0.25, -0.2) is 14.6 Å². The lowest BCUT2D eigenvalue weighted by molar-refractivity contribution is -0.193. The number of piperazine rings is 1. The van der Waals surface area contributed by atoms with Crippen LogP contribution < -0.4 is 0 Å². The van der Waals surface area contributed by atoms with Gasteiger partial charge in [0.25, 0.3) is 5.91 Å². The number of unbranched alkanes of at least 4 members (excludes halogenated alkanes) is 1. The second-order valence-corrected chi connectivity index (χ2v) is 11.7. The van der Waals surface area contributed by atoms with E-state index < -0.39 is 24.3 Å². The van der Waals surface area contributed by atoms with Crippen LogP contribution in [0.25, 0.3) is 10.8 Å². The minimum atomic E-state index is -5.08. The van der Waals surface area contributed by atoms with E-state index in [2.05, 4.69) is 51.0 Å². The summed E-state index contributed by atoms with van der Waals surface area (Å²) in [7, 11) is 0. The molecular formula is C34H35ClF6N4O5. The largest absolute Gasteiger partial charge is 0.490 e. The fourth-order valence-corrected chi connectivity index (χ4v) is 5.57. The van der Waals surface area contributed by atoms with E-state index in [1.54, 1.807) is 6.33 Å². The average Bonchev–Trinajstić information content (AvgIpc) is 3.61. The Bertz CT molecular complexity index is 1670. The quantitative estimate of drug-likeness (QED) is 0.158. The molecule has 1 aromatic heterocycles. The summed E-state index contributed by atoms with van der Waals surface area (Å²) < 4.78 is 63.5. The number of nitrogens with zero attached hydrogens (tertiary/aromatic N) is 3. The van der Waals surface area contributed by atoms with Crippen molar-refractivity contribution in [1.29, 1.82) is 0 Å². The summed E-state index contributed by atoms with van der Waals surface area (Å²) in [5, 5.41) is 17.1. The third kappa shape index (κ3) is 11.5. The molecule has 1 amide bonds. The smallest absolute Gasteiger partial charge is 0.475 e. The third-order valence-corrected chi connectivity index (χ3v) is 8.08. The zero-order chi connectivity index (χ0) is 37.1. The molecule has 270 valence electrons. The van der Waals surface area contributed by atoms with Gasteiger partial charge in [-0.2, -0.15) is 26.3 Å². The highest BCUT2D eigenvalue weighted by molar-refractivity contribution is 6.30. The Labute approximate surface area is 288 Å². The van der Waals surface area contributed by atoms with Gasteiger partial charge >= 0.3 is 24.3 Å². The van der Waals surface area contributed by atoms with Crippen molar-refractivity contribution in [2.75, 3.05) is 19.6 Å². The molecule has 0 radical (unpaired) electrons. The van der Waals surface area contributed by atoms with Gasteiger partial charge in [-0.05, 0) is 47.4 Å². The number of halogens is 7. The molecule has 3 N–H and O–H groups in total. The van der Waals surface area contributed by atoms with Gasteiger partial charge in [-0.1, -0.05) is 79.9 Å². The fraction of sp³-hybridized carbons (Fsp3) is 0.353. The molecule has 9 nitrogen and oxygen atoms in total. The summed E-state index contributed by atoms with van der Waals surface area (Å²) in [6.07, 6.45) is -2.29. The third-order valence-electron chi connectivity index (χ3n) is 7.83. The minimum Gasteiger partial charge on any atom is -0.475 e. The maximum absolute atomic E-state index is 13.7. The molecule has 0 saturated carbocycles. The lowest BCUT2D eigenvalue weighted by Crippen LogP contribution is -2.56. The van der Waals surface area contributed by atoms with Crippen LogP contribution in [0.15, 0.2) is 79.3 Å². The summed E-state index contributed by atoms with van der Waals surface area (Å²) in [5.41, 5.74) is 3.14. The number of alkyl halides is 6. The maximum atomic E-state index is 13.7. The van der Waals surface area contributed by atoms with E-state index >= 15 is 0 Å². The highest BCUT2D eigenvalue weighted by atomic mass is 35.5. The van der Waals surface area contributed by atoms with Crippen LogP contribution >= 0.6 is 11.6 Å². The first-order valence-electron chi connectivity index (χ1n) is 15.4. The predicted octanol–water partition coefficient (Wildman–Crippen LogP) is 7.78. The number of imidazole rings is 1. The number of carboxylic acid groups (broad SMARTS) is 2. The highest BCUT2D eigenvalue weighted by Crippen LogP contribution is 2.31. The Kier molecular flexibility index (Phi) is 14.2. The fourth-order valence-electron chi connectivity index (χ4n) is 5.44. The SMILES string of the molecule is CCCC[C@H]1CN(C(=O)c2cccc3ccccc23)CCN1C(Cc1ccc(Cl)cc1)c1cnc[nH]1.O=C(O)C(F)(F)F.O=C(O)C(F)(F)F. The van der Waals surface area contributed by atoms with Crippen molar-refractivity contribution in [3.63, 3.8) is 0 Å². The van der Waals surface area contributed by atoms with Crippen LogP contribution in [0, 0.1) is 0 Å². The van der Waals surface area contributed by atoms with Crippen LogP contribution in [-0.4, -0.2) is 85.9 Å². The molecule has 2 atom stereocenters. The highest BCUT2D eigenvalue weighted by Gasteiger charge is 2.39. The van der Waals surface area contributed by atoms with Gasteiger partial charge in [0.05, 0.1) is 18.1 Å². The Morgan fingerprint density at radius 3 is 2.08 bits per heavy atom. The van der Waals surface area contributed by atoms with Crippen molar-refractivity contribution in [1.82, 2.24) is 19.8 Å². The molecule has 1 fully saturated rings. The normalized spacial score (nSPS) is 15.7. The van der Waals surface area contributed by atoms with E-state index in [0.717, 1.165) is 65.8 Å². The number of benzene rings is 3. The number of carboxylic acids is 2. The molecule has 1 unspecified atom stereocenters. The van der Waals surface area contributed by atoms with E-state index in [0.29, 0.717) is 6.54 Å². The van der Waals surface area contributed by atoms with Crippen molar-refractivity contribution in [2.45, 2.75) is 57.0 Å². The van der Waals surface area contributed by atoms with Gasteiger partial charge in [-0.15, -0.1) is 0 Å². The molecule has 0 spiro atoms. The second-order valence-electron chi connectivity index (χ2n) is 11.3. The van der Waals surface area contributed by atoms with Crippen LogP contribution in [0.3, 0.4) is 0 Å². The summed E-state index contributed by atoms with van der Waals surface area (Å²) >= 11 is 6.15. The summed E-state index contributed by atoms with van der Waals surface area (Å²) in [6, 6.07) is 22.7. The van der Waals surface area contributed by atoms with Gasteiger partial charge < -0.3 is 20.1 Å². The summed E-state index contributed by atoms with van der Waals surface area (Å²) in [6.45, 7) is 4.48. The molecular weight excluding hydrogens is 694 g/mol. The van der Waals surface area contributed by atoms with Crippen molar-refractivity contribution in [3.05, 3.63) is 101 Å². The van der Waals surface area contributed by atoms with Gasteiger partial charge in [0.15, 0.2) is 0 Å². The zero-order valence-corrected chi connectivity index (χ0v) is 27.5. The van der Waals surface area contributed by atoms with E-state index in [4.69, 9.17) is 31.4 Å². The number of hydrogen-bond acceptors (Lipinski definition) is 5. The number of hydrogen-bond donors (Lipinski definition) is 3. The zero-order valence-electron chi connectivity index (χ0n) is 26.7. The van der Waals surface area contributed by atoms with Crippen molar-refractivity contribution < 1.29 is 50.9 Å². The molecule has 0 aliphatic carbocycles. The number of rotatable bonds is 8. The van der Waals surface area contributed by atoms with Gasteiger partial charge in [0, 0.05) is 42.5 Å². The van der Waals surface area contributed by atoms with E-state index in [9.17, 15) is 31.1 Å². The van der Waals surface area contributed by atoms with E-state index in [1.807, 2.05) is 48.7 Å². The van der Waals surface area contributed by atoms with Gasteiger partial charge in [0.1, 0.15) is 0 Å². The van der Waals surface area contributed by atoms with E-state index in [1.165, 1.54) is 5.56 Å². The second kappa shape index (κ2) is 17.9. The molecule has 50 heavy (non-hydrogen) atoms. The number of carbonyl (C=O) groups is 3. The molecule has 2 heterocycles. The molecule has 1 saturated heterocycles. The maximum Gasteiger partial charge on any atom is 0.490 e. The Hall–Kier alpha value is -4.63. The minimum absolute atomic E-state index is 0.128. The van der Waals surface area contributed by atoms with Crippen molar-refractivity contribution in [2.24, 2.45) is 0 Å². The molecule has 16 heteroatoms. The predicted molar refractivity (Wildman–Crippen MR) is 174 cm³/mol. The lowest BCUT2D eigenvalue weighted by Gasteiger charge is -2.45. The number of H-pyrrole nitrogens is 1. The van der Waals surface area contributed by atoms with E-state index in [-0.39, 0.29) is 18.0 Å². The molecule has 1 aliphatic heterocycles. The van der Waals surface area contributed by atoms with Crippen LogP contribution in [0.5, 0.6) is 0 Å². The topological polar surface area (TPSA) is 127 Å². The standard InChI is InChI=1S/C30H33ClN4O.2C2HF3O2/c1-2-3-9-25-20-34(30(36)27-11-6-8-23-7-4-5-10-26(23)27)16-17-35(25)29(28-19-32-21-33-28)18-22-12-14-24(31)15-13-22;2*3-2(4,5)1(6)7/h4-8,10-15,19,21,25,29H,2-3,9,16-18,20H2,1H3,(H,32,33);2*(H,6,7)/t25-,29?;;/m0../s1. The van der Waals surface area contributed by atoms with Crippen LogP contribution in [-0.2, 0) is 16.0 Å². The Morgan fingerprint density at radius 2 is 1.52 bits per heavy atom. The summed E-state index contributed by atoms with van der Waals surface area (Å²) in [4.78, 5) is 43.9. The first kappa shape index (κ1) is 39.8. The van der Waals surface area contributed by atoms with Crippen LogP contribution in [0.2, 0.25) is 5.02 Å². The Morgan fingerprint density at radius 1 is 0.920 bits per heavy atom. The average molecular weight is 729 g/mol. The number of nitrogens with one attached hydrogen (secondary N) is 1. The van der Waals surface area contributed by atoms with Crippen LogP contribution in [0.1, 0.15) is 53.8 Å². The molecule has 0 bridgehead atoms. The molecule has 5 rings (SSSR count).